The summed E-state index contributed by atoms with van der Waals surface area (Å²) in [6, 6.07) is -5.52. The first-order chi connectivity index (χ1) is 46.3. The van der Waals surface area contributed by atoms with E-state index in [1.54, 1.807) is 0 Å². The first kappa shape index (κ1) is 82.2. The van der Waals surface area contributed by atoms with Gasteiger partial charge in [-0.3, -0.25) is 57.0 Å². The number of aliphatic hydroxyl groups is 4. The minimum Gasteiger partial charge on any atom is -0.480 e. The number of phosphoric ester groups is 2. The number of ether oxygens (including phenoxy) is 3. The Labute approximate surface area is 565 Å². The molecule has 0 radical (unpaired) electrons. The number of amides is 9. The molecule has 554 valence electrons. The van der Waals surface area contributed by atoms with Crippen LogP contribution in [0.4, 0.5) is 4.79 Å². The zero-order valence-electron chi connectivity index (χ0n) is 54.1. The van der Waals surface area contributed by atoms with Gasteiger partial charge in [0.1, 0.15) is 66.9 Å². The largest absolute Gasteiger partial charge is 0.483 e. The highest BCUT2D eigenvalue weighted by molar-refractivity contribution is 8.00. The molecular formula is C56H91N11O28P2S. The van der Waals surface area contributed by atoms with E-state index in [2.05, 4.69) is 56.7 Å². The van der Waals surface area contributed by atoms with Gasteiger partial charge in [0, 0.05) is 75.5 Å². The first-order valence-electron chi connectivity index (χ1n) is 32.0. The zero-order valence-corrected chi connectivity index (χ0v) is 56.8. The lowest BCUT2D eigenvalue weighted by molar-refractivity contribution is -0.261. The number of aromatic nitrogens is 2. The molecule has 4 saturated heterocycles. The van der Waals surface area contributed by atoms with Gasteiger partial charge in [-0.1, -0.05) is 19.3 Å². The molecule has 98 heavy (non-hydrogen) atoms. The van der Waals surface area contributed by atoms with Gasteiger partial charge in [0.05, 0.1) is 25.3 Å². The summed E-state index contributed by atoms with van der Waals surface area (Å²) in [5.74, 6) is -6.46. The monoisotopic (exact) mass is 1460 g/mol. The molecule has 4 fully saturated rings. The van der Waals surface area contributed by atoms with E-state index in [4.69, 9.17) is 18.7 Å². The second kappa shape index (κ2) is 40.1. The summed E-state index contributed by atoms with van der Waals surface area (Å²) in [4.78, 5) is 171. The van der Waals surface area contributed by atoms with Gasteiger partial charge in [-0.15, -0.1) is 0 Å². The van der Waals surface area contributed by atoms with Gasteiger partial charge in [0.2, 0.25) is 41.4 Å². The van der Waals surface area contributed by atoms with E-state index in [1.807, 2.05) is 16.7 Å². The van der Waals surface area contributed by atoms with Gasteiger partial charge < -0.3 is 102 Å². The summed E-state index contributed by atoms with van der Waals surface area (Å²) in [5, 5.41) is 85.5. The van der Waals surface area contributed by atoms with Crippen LogP contribution >= 0.6 is 27.4 Å². The molecule has 9 amide bonds. The molecular weight excluding hydrogens is 1370 g/mol. The van der Waals surface area contributed by atoms with E-state index in [0.29, 0.717) is 67.9 Å². The van der Waals surface area contributed by atoms with Crippen LogP contribution in [0.1, 0.15) is 136 Å². The number of carbonyl (C=O) groups is 10. The molecule has 0 bridgehead atoms. The van der Waals surface area contributed by atoms with E-state index < -0.39 is 168 Å². The lowest BCUT2D eigenvalue weighted by Crippen LogP contribution is -2.66. The predicted octanol–water partition coefficient (Wildman–Crippen LogP) is -3.45. The molecule has 4 aliphatic heterocycles. The minimum absolute atomic E-state index is 0.00747. The Kier molecular flexibility index (Phi) is 33.6. The van der Waals surface area contributed by atoms with Crippen molar-refractivity contribution in [3.63, 3.8) is 0 Å². The Morgan fingerprint density at radius 3 is 1.87 bits per heavy atom. The normalized spacial score (nSPS) is 25.9. The molecule has 0 saturated carbocycles. The van der Waals surface area contributed by atoms with Crippen molar-refractivity contribution in [3.8, 4) is 0 Å². The van der Waals surface area contributed by atoms with Crippen molar-refractivity contribution in [1.29, 1.82) is 0 Å². The predicted molar refractivity (Wildman–Crippen MR) is 338 cm³/mol. The third-order valence-corrected chi connectivity index (χ3v) is 20.2. The Balaban J connectivity index is 0.938. The fourth-order valence-corrected chi connectivity index (χ4v) is 14.5. The Bertz CT molecular complexity index is 3120. The number of aliphatic hydroxyl groups excluding tert-OH is 4. The molecule has 39 nitrogen and oxygen atoms in total. The molecule has 0 aromatic carbocycles. The molecule has 0 spiro atoms. The summed E-state index contributed by atoms with van der Waals surface area (Å²) in [6.07, 6.45) is -8.83. The van der Waals surface area contributed by atoms with Crippen molar-refractivity contribution >= 4 is 86.7 Å². The van der Waals surface area contributed by atoms with Crippen LogP contribution in [0.3, 0.4) is 0 Å². The number of aliphatic carboxylic acids is 2. The van der Waals surface area contributed by atoms with Gasteiger partial charge in [-0.25, -0.2) is 28.3 Å². The molecule has 2 unspecified atom stereocenters. The van der Waals surface area contributed by atoms with Crippen molar-refractivity contribution < 1.29 is 125 Å². The highest BCUT2D eigenvalue weighted by Crippen LogP contribution is 2.61. The number of carboxylic acid groups (broad SMARTS) is 2. The molecule has 5 rings (SSSR count). The summed E-state index contributed by atoms with van der Waals surface area (Å²) in [6.45, 7) is 2.06. The lowest BCUT2D eigenvalue weighted by atomic mass is 9.96. The summed E-state index contributed by atoms with van der Waals surface area (Å²) in [5.41, 5.74) is -1.88. The van der Waals surface area contributed by atoms with E-state index >= 15 is 0 Å². The third-order valence-electron chi connectivity index (χ3n) is 16.0. The van der Waals surface area contributed by atoms with Gasteiger partial charge in [0.15, 0.2) is 12.5 Å². The first-order valence-corrected chi connectivity index (χ1v) is 36.1. The number of unbranched alkanes of at least 4 members (excludes halogenated alkanes) is 6. The van der Waals surface area contributed by atoms with Crippen LogP contribution in [0.2, 0.25) is 0 Å². The molecule has 1 aromatic heterocycles. The molecule has 18 N–H and O–H groups in total. The van der Waals surface area contributed by atoms with Crippen LogP contribution in [0.5, 0.6) is 0 Å². The number of carboxylic acids is 2. The lowest BCUT2D eigenvalue weighted by Gasteiger charge is -2.44. The topological polar surface area (TPSA) is 585 Å². The Morgan fingerprint density at radius 2 is 1.29 bits per heavy atom. The van der Waals surface area contributed by atoms with E-state index in [9.17, 15) is 107 Å². The van der Waals surface area contributed by atoms with Crippen LogP contribution < -0.4 is 59.1 Å². The van der Waals surface area contributed by atoms with Crippen molar-refractivity contribution in [3.05, 3.63) is 33.1 Å². The van der Waals surface area contributed by atoms with Crippen LogP contribution in [0.25, 0.3) is 0 Å². The molecule has 4 aliphatic rings. The smallest absolute Gasteiger partial charge is 0.480 e. The number of urea groups is 1. The SMILES string of the molecule is CC(=O)N[C@H]1[C@@H](OP(=O)(O)OP(=O)(O)OC[C@H]2O[C@@H](n3ccc(=O)[nH]c3=O)[C@H](O)[C@@H]2O)O[C@H](CO)[C@@H](O)[C@@H]1O[C@H](C)C(=O)N[C@@H](C)C(=O)N[C@H](CCC(=O)N[C@@H](CCCCNC(=O)CCCCCNC(=O)CCCCCNC(=O)CCCC[C@@H]1SC[C@@H]2NC(=O)N[C@@H]21)C(=O)O)C(=O)O. The molecule has 1 aromatic rings. The second-order valence-electron chi connectivity index (χ2n) is 23.8. The van der Waals surface area contributed by atoms with Crippen molar-refractivity contribution in [1.82, 2.24) is 57.4 Å². The maximum Gasteiger partial charge on any atom is 0.483 e. The molecule has 42 heteroatoms. The van der Waals surface area contributed by atoms with Gasteiger partial charge in [0.25, 0.3) is 5.56 Å². The zero-order chi connectivity index (χ0) is 72.4. The summed E-state index contributed by atoms with van der Waals surface area (Å²) < 4.78 is 57.2. The maximum absolute atomic E-state index is 13.4. The maximum atomic E-state index is 13.4. The highest BCUT2D eigenvalue weighted by atomic mass is 32.2. The van der Waals surface area contributed by atoms with Crippen molar-refractivity contribution in [2.75, 3.05) is 38.6 Å². The second-order valence-corrected chi connectivity index (χ2v) is 28.1. The average Bonchev–Trinajstić information content (AvgIpc) is 1.34. The number of rotatable bonds is 44. The Hall–Kier alpha value is -6.49. The number of thioether (sulfide) groups is 1. The van der Waals surface area contributed by atoms with E-state index in [0.717, 1.165) is 70.9 Å². The number of nitrogens with zero attached hydrogens (tertiary/aromatic N) is 1. The quantitative estimate of drug-likeness (QED) is 0.0172. The fraction of sp³-hybridized carbons (Fsp3) is 0.750. The van der Waals surface area contributed by atoms with Gasteiger partial charge in [-0.2, -0.15) is 16.1 Å². The van der Waals surface area contributed by atoms with Gasteiger partial charge >= 0.3 is 39.3 Å². The molecule has 18 atom stereocenters. The number of H-pyrrole nitrogens is 1. The van der Waals surface area contributed by atoms with Crippen molar-refractivity contribution in [2.45, 2.75) is 227 Å². The van der Waals surface area contributed by atoms with Crippen LogP contribution in [-0.4, -0.2) is 238 Å². The minimum atomic E-state index is -5.95. The highest BCUT2D eigenvalue weighted by Gasteiger charge is 2.52. The molecule has 5 heterocycles. The van der Waals surface area contributed by atoms with Crippen LogP contribution in [-0.2, 0) is 79.8 Å². The number of fused-ring (bicyclic) bond motifs is 1. The number of nitrogens with one attached hydrogen (secondary N) is 10. The van der Waals surface area contributed by atoms with Crippen LogP contribution in [0.15, 0.2) is 21.9 Å². The number of phosphoric acid groups is 2. The van der Waals surface area contributed by atoms with E-state index in [-0.39, 0.29) is 61.6 Å². The van der Waals surface area contributed by atoms with Crippen molar-refractivity contribution in [2.24, 2.45) is 0 Å². The Morgan fingerprint density at radius 1 is 0.694 bits per heavy atom. The van der Waals surface area contributed by atoms with Crippen LogP contribution in [0, 0.1) is 0 Å². The number of hydrogen-bond donors (Lipinski definition) is 18. The third kappa shape index (κ3) is 27.2. The summed E-state index contributed by atoms with van der Waals surface area (Å²) in [7, 11) is -11.7. The number of hydrogen-bond acceptors (Lipinski definition) is 25. The number of aromatic amines is 1. The molecule has 0 aliphatic carbocycles. The number of carbonyl (C=O) groups excluding carboxylic acids is 8. The van der Waals surface area contributed by atoms with Gasteiger partial charge in [-0.05, 0) is 78.1 Å². The van der Waals surface area contributed by atoms with E-state index in [1.165, 1.54) is 0 Å². The summed E-state index contributed by atoms with van der Waals surface area (Å²) >= 11 is 1.85. The average molecular weight is 1460 g/mol. The standard InChI is InChI=1S/C56H91N11O28P2S/c1-29(60-50(79)30(2)91-48-44(61-31(3)69)54(93-35(26-68)46(48)76)94-97(88,89)95-96(86,87)90-27-36-45(75)47(77)51(92-36)67-25-21-42(74)65-56(67)85)49(78)63-33(53(82)83)19-20-41(73)62-32(52(80)81)14-10-13-24-59-39(71)17-7-5-11-22-57-38(70)16-6-4-12-23-58-40(72)18-9-8-15-37-43-34(28-98-37)64-55(84)66-43/h21,25,29-30,32-37,43-48,51,54,68,75-77H,4-20,22-24,26-28H2,1-3H3,(H,57,70)(H,58,72)(H,59,71)(H,60,79)(H,61,69)(H,62,73)(H,63,78)(H,80,81)(H,82,83)(H,86,87)(H,88,89)(H2,64,66,84)(H,65,74,85)/t29-,30+,32-,33+,34-,35+,36+,37-,43-,44+,45+,46+,47+,48+,51+,54+/m0/s1. The fourth-order valence-electron chi connectivity index (χ4n) is 10.8.